The highest BCUT2D eigenvalue weighted by molar-refractivity contribution is 7.21. The predicted octanol–water partition coefficient (Wildman–Crippen LogP) is 6.63. The third kappa shape index (κ3) is 4.31. The largest absolute Gasteiger partial charge is 0.416 e. The van der Waals surface area contributed by atoms with Gasteiger partial charge in [0.05, 0.1) is 10.4 Å². The smallest absolute Gasteiger partial charge is 0.346 e. The van der Waals surface area contributed by atoms with E-state index < -0.39 is 17.6 Å². The lowest BCUT2D eigenvalue weighted by atomic mass is 10.1. The van der Waals surface area contributed by atoms with Gasteiger partial charge in [-0.3, -0.25) is 9.59 Å². The molecule has 5 aromatic rings. The first-order chi connectivity index (χ1) is 17.1. The van der Waals surface area contributed by atoms with Gasteiger partial charge in [-0.2, -0.15) is 13.2 Å². The summed E-state index contributed by atoms with van der Waals surface area (Å²) in [7, 11) is 1.47. The number of benzene rings is 2. The second kappa shape index (κ2) is 8.80. The van der Waals surface area contributed by atoms with Gasteiger partial charge in [-0.15, -0.1) is 11.3 Å². The molecule has 0 bridgehead atoms. The van der Waals surface area contributed by atoms with E-state index in [9.17, 15) is 22.8 Å². The van der Waals surface area contributed by atoms with Crippen molar-refractivity contribution in [1.82, 2.24) is 9.97 Å². The summed E-state index contributed by atoms with van der Waals surface area (Å²) in [5, 5.41) is 4.68. The van der Waals surface area contributed by atoms with Crippen LogP contribution in [0.3, 0.4) is 0 Å². The monoisotopic (exact) mass is 508 g/mol. The van der Waals surface area contributed by atoms with Gasteiger partial charge in [-0.25, -0.2) is 4.98 Å². The fourth-order valence-corrected chi connectivity index (χ4v) is 4.94. The number of thiophene rings is 1. The molecular formula is C26H19F3N4O2S. The van der Waals surface area contributed by atoms with Crippen LogP contribution in [-0.4, -0.2) is 28.8 Å². The van der Waals surface area contributed by atoms with Crippen LogP contribution in [0.4, 0.5) is 24.5 Å². The lowest BCUT2D eigenvalue weighted by Gasteiger charge is -2.20. The fraction of sp³-hybridized carbons (Fsp3) is 0.115. The molecule has 0 aliphatic rings. The lowest BCUT2D eigenvalue weighted by Crippen LogP contribution is -2.26. The van der Waals surface area contributed by atoms with Crippen molar-refractivity contribution in [1.29, 1.82) is 0 Å². The third-order valence-corrected chi connectivity index (χ3v) is 7.07. The first kappa shape index (κ1) is 23.6. The number of aryl methyl sites for hydroxylation is 1. The van der Waals surface area contributed by atoms with Crippen molar-refractivity contribution in [2.45, 2.75) is 13.1 Å². The summed E-state index contributed by atoms with van der Waals surface area (Å²) in [4.78, 5) is 35.1. The predicted molar refractivity (Wildman–Crippen MR) is 135 cm³/mol. The van der Waals surface area contributed by atoms with Crippen molar-refractivity contribution in [3.8, 4) is 0 Å². The molecule has 2 aromatic carbocycles. The Morgan fingerprint density at radius 3 is 2.67 bits per heavy atom. The average molecular weight is 509 g/mol. The molecular weight excluding hydrogens is 489 g/mol. The number of aromatic amines is 1. The molecule has 0 aliphatic carbocycles. The Hall–Kier alpha value is -4.18. The summed E-state index contributed by atoms with van der Waals surface area (Å²) in [6, 6.07) is 13.0. The SMILES string of the molecule is Cc1ccc(N(C)C(=O)c2cccc(C(F)(F)F)c2)cc1NC(=O)c1cc2cnc3[nH]ccc3c2s1. The van der Waals surface area contributed by atoms with Crippen LogP contribution < -0.4 is 10.2 Å². The Morgan fingerprint density at radius 2 is 1.89 bits per heavy atom. The summed E-state index contributed by atoms with van der Waals surface area (Å²) in [5.74, 6) is -0.915. The van der Waals surface area contributed by atoms with Gasteiger partial charge in [0.25, 0.3) is 11.8 Å². The second-order valence-corrected chi connectivity index (χ2v) is 9.34. The number of carbonyl (C=O) groups is 2. The highest BCUT2D eigenvalue weighted by Gasteiger charge is 2.31. The van der Waals surface area contributed by atoms with Crippen LogP contribution in [0.15, 0.2) is 67.0 Å². The van der Waals surface area contributed by atoms with E-state index in [0.29, 0.717) is 16.3 Å². The average Bonchev–Trinajstić information content (AvgIpc) is 3.51. The Bertz CT molecular complexity index is 1640. The van der Waals surface area contributed by atoms with Gasteiger partial charge in [0.15, 0.2) is 0 Å². The minimum Gasteiger partial charge on any atom is -0.346 e. The van der Waals surface area contributed by atoms with Gasteiger partial charge in [0.2, 0.25) is 0 Å². The van der Waals surface area contributed by atoms with Crippen molar-refractivity contribution < 1.29 is 22.8 Å². The number of alkyl halides is 3. The summed E-state index contributed by atoms with van der Waals surface area (Å²) in [6.07, 6.45) is -1.05. The summed E-state index contributed by atoms with van der Waals surface area (Å²) in [5.41, 5.74) is 1.44. The van der Waals surface area contributed by atoms with E-state index in [-0.39, 0.29) is 11.5 Å². The number of nitrogens with one attached hydrogen (secondary N) is 2. The number of rotatable bonds is 4. The van der Waals surface area contributed by atoms with Crippen molar-refractivity contribution in [2.75, 3.05) is 17.3 Å². The van der Waals surface area contributed by atoms with Crippen LogP contribution in [0.1, 0.15) is 31.2 Å². The van der Waals surface area contributed by atoms with Crippen LogP contribution in [0, 0.1) is 6.92 Å². The summed E-state index contributed by atoms with van der Waals surface area (Å²) >= 11 is 1.35. The van der Waals surface area contributed by atoms with E-state index in [1.807, 2.05) is 13.0 Å². The second-order valence-electron chi connectivity index (χ2n) is 8.29. The quantitative estimate of drug-likeness (QED) is 0.286. The minimum absolute atomic E-state index is 0.0894. The van der Waals surface area contributed by atoms with Crippen LogP contribution in [0.25, 0.3) is 21.1 Å². The number of nitrogens with zero attached hydrogens (tertiary/aromatic N) is 2. The first-order valence-corrected chi connectivity index (χ1v) is 11.7. The van der Waals surface area contributed by atoms with Gasteiger partial charge in [-0.1, -0.05) is 12.1 Å². The van der Waals surface area contributed by atoms with Crippen molar-refractivity contribution in [3.05, 3.63) is 88.6 Å². The van der Waals surface area contributed by atoms with Crippen LogP contribution >= 0.6 is 11.3 Å². The molecule has 10 heteroatoms. The molecule has 3 heterocycles. The maximum Gasteiger partial charge on any atom is 0.416 e. The molecule has 0 unspecified atom stereocenters. The van der Waals surface area contributed by atoms with E-state index in [4.69, 9.17) is 0 Å². The Kier molecular flexibility index (Phi) is 5.76. The van der Waals surface area contributed by atoms with E-state index in [0.717, 1.165) is 38.8 Å². The van der Waals surface area contributed by atoms with Gasteiger partial charge in [0, 0.05) is 51.9 Å². The standard InChI is InChI=1S/C26H19F3N4O2S/c1-14-6-7-18(33(2)25(35)15-4-3-5-17(10-15)26(27,28)29)12-20(14)32-24(34)21-11-16-13-31-23-19(8-9-30-23)22(16)36-21/h3-13H,1-2H3,(H,30,31)(H,32,34). The molecule has 3 aromatic heterocycles. The van der Waals surface area contributed by atoms with E-state index in [1.165, 1.54) is 35.4 Å². The molecule has 36 heavy (non-hydrogen) atoms. The molecule has 0 atom stereocenters. The molecule has 0 saturated heterocycles. The van der Waals surface area contributed by atoms with Crippen molar-refractivity contribution >= 4 is 55.6 Å². The topological polar surface area (TPSA) is 78.1 Å². The Balaban J connectivity index is 1.40. The highest BCUT2D eigenvalue weighted by Crippen LogP contribution is 2.33. The normalized spacial score (nSPS) is 11.7. The fourth-order valence-electron chi connectivity index (χ4n) is 3.88. The van der Waals surface area contributed by atoms with E-state index >= 15 is 0 Å². The zero-order chi connectivity index (χ0) is 25.6. The molecule has 182 valence electrons. The van der Waals surface area contributed by atoms with E-state index in [1.54, 1.807) is 36.7 Å². The number of carbonyl (C=O) groups excluding carboxylic acids is 2. The highest BCUT2D eigenvalue weighted by atomic mass is 32.1. The molecule has 2 N–H and O–H groups in total. The van der Waals surface area contributed by atoms with Crippen LogP contribution in [-0.2, 0) is 6.18 Å². The van der Waals surface area contributed by atoms with Gasteiger partial charge in [0.1, 0.15) is 5.65 Å². The maximum atomic E-state index is 13.1. The lowest BCUT2D eigenvalue weighted by molar-refractivity contribution is -0.137. The number of amides is 2. The van der Waals surface area contributed by atoms with Gasteiger partial charge < -0.3 is 15.2 Å². The Morgan fingerprint density at radius 1 is 1.08 bits per heavy atom. The first-order valence-electron chi connectivity index (χ1n) is 10.8. The number of hydrogen-bond acceptors (Lipinski definition) is 4. The molecule has 0 radical (unpaired) electrons. The van der Waals surface area contributed by atoms with Gasteiger partial charge in [-0.05, 0) is 55.0 Å². The van der Waals surface area contributed by atoms with Crippen LogP contribution in [0.5, 0.6) is 0 Å². The zero-order valence-corrected chi connectivity index (χ0v) is 19.9. The number of aromatic nitrogens is 2. The maximum absolute atomic E-state index is 13.1. The van der Waals surface area contributed by atoms with Gasteiger partial charge >= 0.3 is 6.18 Å². The molecule has 0 spiro atoms. The molecule has 0 fully saturated rings. The number of pyridine rings is 1. The van der Waals surface area contributed by atoms with E-state index in [2.05, 4.69) is 15.3 Å². The molecule has 5 rings (SSSR count). The number of halogens is 3. The number of H-pyrrole nitrogens is 1. The minimum atomic E-state index is -4.55. The number of fused-ring (bicyclic) bond motifs is 3. The third-order valence-electron chi connectivity index (χ3n) is 5.89. The Labute approximate surface area is 207 Å². The van der Waals surface area contributed by atoms with Crippen molar-refractivity contribution in [2.24, 2.45) is 0 Å². The van der Waals surface area contributed by atoms with Crippen molar-refractivity contribution in [3.63, 3.8) is 0 Å². The van der Waals surface area contributed by atoms with Crippen LogP contribution in [0.2, 0.25) is 0 Å². The zero-order valence-electron chi connectivity index (χ0n) is 19.1. The number of hydrogen-bond donors (Lipinski definition) is 2. The summed E-state index contributed by atoms with van der Waals surface area (Å²) < 4.78 is 40.2. The number of anilines is 2. The molecule has 2 amide bonds. The molecule has 6 nitrogen and oxygen atoms in total. The summed E-state index contributed by atoms with van der Waals surface area (Å²) in [6.45, 7) is 1.81. The molecule has 0 aliphatic heterocycles. The molecule has 0 saturated carbocycles.